The lowest BCUT2D eigenvalue weighted by Crippen LogP contribution is -2.38. The topological polar surface area (TPSA) is 25.2 Å². The van der Waals surface area contributed by atoms with Crippen LogP contribution in [0.4, 0.5) is 0 Å². The fourth-order valence-electron chi connectivity index (χ4n) is 4.67. The van der Waals surface area contributed by atoms with Gasteiger partial charge in [-0.1, -0.05) is 72.8 Å². The zero-order valence-corrected chi connectivity index (χ0v) is 15.0. The van der Waals surface area contributed by atoms with Crippen LogP contribution in [-0.2, 0) is 5.60 Å². The average Bonchev–Trinajstić information content (AvgIpc) is 2.96. The highest BCUT2D eigenvalue weighted by atomic mass is 16.3. The van der Waals surface area contributed by atoms with Crippen LogP contribution in [0, 0.1) is 6.92 Å². The molecule has 3 aromatic carbocycles. The van der Waals surface area contributed by atoms with Gasteiger partial charge in [-0.15, -0.1) is 0 Å². The molecule has 2 atom stereocenters. The third-order valence-electron chi connectivity index (χ3n) is 5.80. The largest absolute Gasteiger partial charge is 0.383 e. The van der Waals surface area contributed by atoms with Crippen molar-refractivity contribution in [3.8, 4) is 11.3 Å². The molecule has 0 saturated carbocycles. The van der Waals surface area contributed by atoms with Crippen molar-refractivity contribution in [1.29, 1.82) is 0 Å². The molecule has 2 heteroatoms. The SMILES string of the molecule is Cc1c2n(c3ccccc13)[C@H](c1ccccc1)[C@@](C)(O)c1ccccc1-2. The van der Waals surface area contributed by atoms with E-state index in [1.807, 2.05) is 31.2 Å². The van der Waals surface area contributed by atoms with E-state index in [1.165, 1.54) is 22.2 Å². The number of benzene rings is 3. The summed E-state index contributed by atoms with van der Waals surface area (Å²) in [7, 11) is 0. The number of aromatic nitrogens is 1. The summed E-state index contributed by atoms with van der Waals surface area (Å²) < 4.78 is 2.34. The molecule has 5 rings (SSSR count). The molecule has 1 aliphatic heterocycles. The number of fused-ring (bicyclic) bond motifs is 5. The summed E-state index contributed by atoms with van der Waals surface area (Å²) in [6, 6.07) is 26.9. The molecule has 0 spiro atoms. The minimum Gasteiger partial charge on any atom is -0.383 e. The van der Waals surface area contributed by atoms with Crippen molar-refractivity contribution < 1.29 is 5.11 Å². The first-order valence-corrected chi connectivity index (χ1v) is 9.07. The number of hydrogen-bond acceptors (Lipinski definition) is 1. The number of para-hydroxylation sites is 1. The lowest BCUT2D eigenvalue weighted by atomic mass is 9.77. The normalized spacial score (nSPS) is 21.4. The van der Waals surface area contributed by atoms with Gasteiger partial charge in [0.1, 0.15) is 5.60 Å². The van der Waals surface area contributed by atoms with E-state index < -0.39 is 5.60 Å². The Labute approximate surface area is 153 Å². The van der Waals surface area contributed by atoms with E-state index in [4.69, 9.17) is 0 Å². The molecule has 0 radical (unpaired) electrons. The van der Waals surface area contributed by atoms with Gasteiger partial charge in [-0.2, -0.15) is 0 Å². The Bertz CT molecular complexity index is 1120. The third kappa shape index (κ3) is 1.91. The van der Waals surface area contributed by atoms with Crippen molar-refractivity contribution in [2.75, 3.05) is 0 Å². The Kier molecular flexibility index (Phi) is 3.16. The molecule has 0 saturated heterocycles. The molecule has 1 N–H and O–H groups in total. The Morgan fingerprint density at radius 3 is 2.31 bits per heavy atom. The van der Waals surface area contributed by atoms with Gasteiger partial charge in [-0.25, -0.2) is 0 Å². The molecule has 0 aliphatic carbocycles. The van der Waals surface area contributed by atoms with Crippen molar-refractivity contribution in [2.24, 2.45) is 0 Å². The van der Waals surface area contributed by atoms with Gasteiger partial charge in [0.2, 0.25) is 0 Å². The van der Waals surface area contributed by atoms with Crippen LogP contribution in [0.5, 0.6) is 0 Å². The maximum atomic E-state index is 11.7. The minimum atomic E-state index is -1.00. The summed E-state index contributed by atoms with van der Waals surface area (Å²) in [5.74, 6) is 0. The highest BCUT2D eigenvalue weighted by Gasteiger charge is 2.44. The molecular formula is C24H21NO. The van der Waals surface area contributed by atoms with Crippen molar-refractivity contribution in [3.05, 3.63) is 95.6 Å². The van der Waals surface area contributed by atoms with E-state index >= 15 is 0 Å². The fraction of sp³-hybridized carbons (Fsp3) is 0.167. The number of hydrogen-bond donors (Lipinski definition) is 1. The van der Waals surface area contributed by atoms with Crippen LogP contribution in [0.3, 0.4) is 0 Å². The Morgan fingerprint density at radius 1 is 0.846 bits per heavy atom. The molecule has 0 unspecified atom stereocenters. The predicted octanol–water partition coefficient (Wildman–Crippen LogP) is 5.43. The Morgan fingerprint density at radius 2 is 1.50 bits per heavy atom. The first-order chi connectivity index (χ1) is 12.6. The zero-order chi connectivity index (χ0) is 17.9. The molecule has 128 valence electrons. The lowest BCUT2D eigenvalue weighted by molar-refractivity contribution is 0.0150. The fourth-order valence-corrected chi connectivity index (χ4v) is 4.67. The van der Waals surface area contributed by atoms with Gasteiger partial charge in [0, 0.05) is 16.5 Å². The summed E-state index contributed by atoms with van der Waals surface area (Å²) >= 11 is 0. The van der Waals surface area contributed by atoms with Crippen LogP contribution in [0.15, 0.2) is 78.9 Å². The monoisotopic (exact) mass is 339 g/mol. The maximum Gasteiger partial charge on any atom is 0.112 e. The molecule has 2 heterocycles. The summed E-state index contributed by atoms with van der Waals surface area (Å²) in [5.41, 5.74) is 5.88. The standard InChI is InChI=1S/C24H21NO/c1-16-18-12-7-9-15-21(18)25-22(16)19-13-6-8-14-20(19)24(2,26)23(25)17-10-4-3-5-11-17/h3-15,23,26H,1-2H3/t23-,24+/m1/s1. The van der Waals surface area contributed by atoms with Gasteiger partial charge >= 0.3 is 0 Å². The van der Waals surface area contributed by atoms with Crippen LogP contribution < -0.4 is 0 Å². The number of rotatable bonds is 1. The summed E-state index contributed by atoms with van der Waals surface area (Å²) in [6.45, 7) is 4.13. The second-order valence-electron chi connectivity index (χ2n) is 7.37. The second kappa shape index (κ2) is 5.33. The predicted molar refractivity (Wildman–Crippen MR) is 106 cm³/mol. The minimum absolute atomic E-state index is 0.174. The van der Waals surface area contributed by atoms with Gasteiger partial charge in [0.15, 0.2) is 0 Å². The molecular weight excluding hydrogens is 318 g/mol. The van der Waals surface area contributed by atoms with Crippen molar-refractivity contribution in [3.63, 3.8) is 0 Å². The van der Waals surface area contributed by atoms with Gasteiger partial charge < -0.3 is 9.67 Å². The highest BCUT2D eigenvalue weighted by molar-refractivity contribution is 5.93. The van der Waals surface area contributed by atoms with E-state index in [-0.39, 0.29) is 6.04 Å². The molecule has 26 heavy (non-hydrogen) atoms. The summed E-state index contributed by atoms with van der Waals surface area (Å²) in [5, 5.41) is 13.0. The lowest BCUT2D eigenvalue weighted by Gasteiger charge is -2.41. The summed E-state index contributed by atoms with van der Waals surface area (Å²) in [4.78, 5) is 0. The van der Waals surface area contributed by atoms with Crippen molar-refractivity contribution in [2.45, 2.75) is 25.5 Å². The molecule has 4 aromatic rings. The molecule has 1 aromatic heterocycles. The number of nitrogens with zero attached hydrogens (tertiary/aromatic N) is 1. The van der Waals surface area contributed by atoms with Crippen molar-refractivity contribution >= 4 is 10.9 Å². The summed E-state index contributed by atoms with van der Waals surface area (Å²) in [6.07, 6.45) is 0. The van der Waals surface area contributed by atoms with Crippen LogP contribution in [0.1, 0.15) is 29.7 Å². The van der Waals surface area contributed by atoms with Gasteiger partial charge in [-0.3, -0.25) is 0 Å². The van der Waals surface area contributed by atoms with Gasteiger partial charge in [-0.05, 0) is 36.6 Å². The van der Waals surface area contributed by atoms with Crippen LogP contribution in [-0.4, -0.2) is 9.67 Å². The first kappa shape index (κ1) is 15.4. The maximum absolute atomic E-state index is 11.7. The first-order valence-electron chi connectivity index (χ1n) is 9.07. The van der Waals surface area contributed by atoms with E-state index in [0.29, 0.717) is 0 Å². The molecule has 0 fully saturated rings. The van der Waals surface area contributed by atoms with E-state index in [0.717, 1.165) is 16.7 Å². The van der Waals surface area contributed by atoms with Crippen LogP contribution >= 0.6 is 0 Å². The van der Waals surface area contributed by atoms with E-state index in [1.54, 1.807) is 0 Å². The van der Waals surface area contributed by atoms with E-state index in [9.17, 15) is 5.11 Å². The molecule has 1 aliphatic rings. The highest BCUT2D eigenvalue weighted by Crippen LogP contribution is 2.51. The van der Waals surface area contributed by atoms with Crippen molar-refractivity contribution in [1.82, 2.24) is 4.57 Å². The molecule has 0 amide bonds. The zero-order valence-electron chi connectivity index (χ0n) is 15.0. The molecule has 2 nitrogen and oxygen atoms in total. The van der Waals surface area contributed by atoms with E-state index in [2.05, 4.69) is 66.1 Å². The average molecular weight is 339 g/mol. The Balaban J connectivity index is 1.97. The number of aliphatic hydroxyl groups is 1. The van der Waals surface area contributed by atoms with Crippen LogP contribution in [0.2, 0.25) is 0 Å². The Hall–Kier alpha value is -2.84. The smallest absolute Gasteiger partial charge is 0.112 e. The van der Waals surface area contributed by atoms with Gasteiger partial charge in [0.25, 0.3) is 0 Å². The third-order valence-corrected chi connectivity index (χ3v) is 5.80. The van der Waals surface area contributed by atoms with Gasteiger partial charge in [0.05, 0.1) is 11.7 Å². The number of aryl methyl sites for hydroxylation is 1. The second-order valence-corrected chi connectivity index (χ2v) is 7.37. The molecule has 0 bridgehead atoms. The quantitative estimate of drug-likeness (QED) is 0.492. The van der Waals surface area contributed by atoms with Crippen LogP contribution in [0.25, 0.3) is 22.2 Å².